The molecule has 0 aliphatic rings. The third-order valence-electron chi connectivity index (χ3n) is 11.8. The van der Waals surface area contributed by atoms with Crippen LogP contribution < -0.4 is 31.6 Å². The highest BCUT2D eigenvalue weighted by atomic mass is 32.1. The van der Waals surface area contributed by atoms with Crippen LogP contribution in [-0.2, 0) is 16.0 Å². The SMILES string of the molecule is Cc1oc(-c2ccc(-c3nc(C(=O)O)cs3)nc2-c2csc(-c3csc(C(NC(=O)C(N)Cc4ccc(O)cc4)C(C)CC(Oc4ccccc4)Oc4ccccc4)n3)n2)nc1C(=O)NC(CC(N)=O)c1nc(C(=O)O)cs1. The Hall–Kier alpha value is -8.75. The molecule has 4 unspecified atom stereocenters. The first-order chi connectivity index (χ1) is 37.5. The summed E-state index contributed by atoms with van der Waals surface area (Å²) in [5.41, 5.74) is 13.8. The normalized spacial score (nSPS) is 12.8. The summed E-state index contributed by atoms with van der Waals surface area (Å²) in [6.45, 7) is 3.46. The van der Waals surface area contributed by atoms with E-state index in [1.807, 2.05) is 73.0 Å². The summed E-state index contributed by atoms with van der Waals surface area (Å²) in [5.74, 6) is -3.56. The van der Waals surface area contributed by atoms with Crippen molar-refractivity contribution in [3.05, 3.63) is 157 Å². The van der Waals surface area contributed by atoms with Crippen LogP contribution in [0.2, 0.25) is 0 Å². The molecule has 0 bridgehead atoms. The summed E-state index contributed by atoms with van der Waals surface area (Å²) >= 11 is 4.56. The fourth-order valence-corrected chi connectivity index (χ4v) is 11.3. The van der Waals surface area contributed by atoms with Crippen LogP contribution in [0.15, 0.2) is 123 Å². The highest BCUT2D eigenvalue weighted by Gasteiger charge is 2.32. The average molecular weight is 1130 g/mol. The summed E-state index contributed by atoms with van der Waals surface area (Å²) in [6.07, 6.45) is -0.711. The van der Waals surface area contributed by atoms with Crippen molar-refractivity contribution in [3.8, 4) is 61.5 Å². The first-order valence-electron chi connectivity index (χ1n) is 23.7. The van der Waals surface area contributed by atoms with E-state index in [1.165, 1.54) is 52.5 Å². The second-order valence-corrected chi connectivity index (χ2v) is 21.0. The molecular weight excluding hydrogens is 1080 g/mol. The molecule has 6 heterocycles. The van der Waals surface area contributed by atoms with E-state index in [9.17, 15) is 39.3 Å². The van der Waals surface area contributed by atoms with E-state index in [1.54, 1.807) is 29.6 Å². The number of aryl methyl sites for hydroxylation is 1. The molecule has 0 radical (unpaired) electrons. The van der Waals surface area contributed by atoms with Gasteiger partial charge >= 0.3 is 11.9 Å². The number of hydrogen-bond donors (Lipinski definition) is 7. The number of oxazole rings is 1. The van der Waals surface area contributed by atoms with E-state index in [-0.39, 0.29) is 75.9 Å². The molecule has 6 aromatic heterocycles. The number of hydrogen-bond acceptors (Lipinski definition) is 20. The van der Waals surface area contributed by atoms with Crippen LogP contribution >= 0.6 is 45.3 Å². The van der Waals surface area contributed by atoms with Crippen molar-refractivity contribution < 1.29 is 53.2 Å². The van der Waals surface area contributed by atoms with Gasteiger partial charge < -0.3 is 51.3 Å². The van der Waals surface area contributed by atoms with Crippen LogP contribution in [0.5, 0.6) is 17.2 Å². The Kier molecular flexibility index (Phi) is 16.7. The molecule has 78 heavy (non-hydrogen) atoms. The summed E-state index contributed by atoms with van der Waals surface area (Å²) in [6, 6.07) is 25.4. The molecule has 3 amide bonds. The van der Waals surface area contributed by atoms with Crippen molar-refractivity contribution in [3.63, 3.8) is 0 Å². The number of primary amides is 1. The van der Waals surface area contributed by atoms with E-state index in [4.69, 9.17) is 40.3 Å². The zero-order valence-electron chi connectivity index (χ0n) is 41.1. The highest BCUT2D eigenvalue weighted by molar-refractivity contribution is 7.14. The van der Waals surface area contributed by atoms with Gasteiger partial charge in [-0.05, 0) is 73.4 Å². The Morgan fingerprint density at radius 1 is 0.679 bits per heavy atom. The molecule has 25 heteroatoms. The van der Waals surface area contributed by atoms with E-state index >= 15 is 0 Å². The largest absolute Gasteiger partial charge is 0.508 e. The summed E-state index contributed by atoms with van der Waals surface area (Å²) < 4.78 is 18.9. The van der Waals surface area contributed by atoms with Crippen LogP contribution in [0, 0.1) is 12.8 Å². The highest BCUT2D eigenvalue weighted by Crippen LogP contribution is 2.39. The number of nitrogens with one attached hydrogen (secondary N) is 2. The Bertz CT molecular complexity index is 3560. The number of carbonyl (C=O) groups excluding carboxylic acids is 3. The molecule has 0 fully saturated rings. The number of phenolic OH excluding ortho intramolecular Hbond substituents is 1. The quantitative estimate of drug-likeness (QED) is 0.0295. The van der Waals surface area contributed by atoms with Gasteiger partial charge in [0.05, 0.1) is 35.8 Å². The number of ether oxygens (including phenoxy) is 2. The maximum atomic E-state index is 14.1. The number of pyridine rings is 1. The number of carboxylic acid groups (broad SMARTS) is 2. The molecule has 9 aromatic rings. The lowest BCUT2D eigenvalue weighted by Gasteiger charge is -2.29. The molecule has 0 spiro atoms. The Labute approximate surface area is 459 Å². The van der Waals surface area contributed by atoms with Gasteiger partial charge in [0.25, 0.3) is 5.91 Å². The fourth-order valence-electron chi connectivity index (χ4n) is 7.91. The lowest BCUT2D eigenvalue weighted by atomic mass is 9.97. The van der Waals surface area contributed by atoms with Crippen molar-refractivity contribution >= 4 is 75.0 Å². The van der Waals surface area contributed by atoms with E-state index in [2.05, 4.69) is 25.6 Å². The lowest BCUT2D eigenvalue weighted by molar-refractivity contribution is -0.123. The van der Waals surface area contributed by atoms with Crippen molar-refractivity contribution in [2.75, 3.05) is 0 Å². The molecule has 9 rings (SSSR count). The van der Waals surface area contributed by atoms with Crippen LogP contribution in [0.1, 0.15) is 84.7 Å². The van der Waals surface area contributed by atoms with Crippen molar-refractivity contribution in [2.24, 2.45) is 17.4 Å². The Morgan fingerprint density at radius 3 is 1.94 bits per heavy atom. The third-order valence-corrected chi connectivity index (χ3v) is 15.4. The van der Waals surface area contributed by atoms with Crippen molar-refractivity contribution in [1.29, 1.82) is 0 Å². The number of rotatable bonds is 23. The average Bonchev–Trinajstić information content (AvgIpc) is 4.37. The number of aromatic carboxylic acids is 2. The standard InChI is InChI=1S/C53H46N10O11S4/c1-26(19-41(73-30-9-5-3-6-10-30)74-31-11-7-4-8-12-31)42(62-45(66)33(54)20-28-13-15-29(64)16-14-28)51-59-37(23-78-51)50-58-36(22-75-50)44-32(17-18-34(56-44)48-60-38(24-76-48)52(68)69)47-63-43(27(2)72-47)46(67)57-35(21-40(55)65)49-61-39(25-77-49)53(70)71/h3-18,22-26,33,35,41-42,64H,19-21,54H2,1-2H3,(H2,55,65)(H,57,67)(H,62,66)(H,68,69)(H,70,71). The van der Waals surface area contributed by atoms with Gasteiger partial charge in [-0.1, -0.05) is 55.5 Å². The maximum Gasteiger partial charge on any atom is 0.355 e. The van der Waals surface area contributed by atoms with Crippen LogP contribution in [0.3, 0.4) is 0 Å². The van der Waals surface area contributed by atoms with Crippen molar-refractivity contribution in [1.82, 2.24) is 40.5 Å². The minimum Gasteiger partial charge on any atom is -0.508 e. The second kappa shape index (κ2) is 24.1. The first kappa shape index (κ1) is 54.1. The maximum absolute atomic E-state index is 14.1. The number of thiazole rings is 4. The second-order valence-electron chi connectivity index (χ2n) is 17.5. The molecule has 398 valence electrons. The van der Waals surface area contributed by atoms with Gasteiger partial charge in [-0.2, -0.15) is 0 Å². The van der Waals surface area contributed by atoms with Crippen LogP contribution in [0.25, 0.3) is 44.2 Å². The van der Waals surface area contributed by atoms with Gasteiger partial charge in [0.2, 0.25) is 24.0 Å². The topological polar surface area (TPSA) is 331 Å². The van der Waals surface area contributed by atoms with Gasteiger partial charge in [-0.15, -0.1) is 45.3 Å². The predicted octanol–water partition coefficient (Wildman–Crippen LogP) is 8.56. The monoisotopic (exact) mass is 1130 g/mol. The van der Waals surface area contributed by atoms with Gasteiger partial charge in [-0.25, -0.2) is 39.5 Å². The minimum atomic E-state index is -1.29. The number of amides is 3. The van der Waals surface area contributed by atoms with Crippen LogP contribution in [0.4, 0.5) is 0 Å². The molecule has 9 N–H and O–H groups in total. The molecule has 0 saturated heterocycles. The molecule has 0 saturated carbocycles. The summed E-state index contributed by atoms with van der Waals surface area (Å²) in [7, 11) is 0. The summed E-state index contributed by atoms with van der Waals surface area (Å²) in [4.78, 5) is 91.1. The number of nitrogens with zero attached hydrogens (tertiary/aromatic N) is 6. The van der Waals surface area contributed by atoms with E-state index in [0.29, 0.717) is 43.6 Å². The minimum absolute atomic E-state index is 0.0431. The number of nitrogens with two attached hydrogens (primary N) is 2. The molecular formula is C53H46N10O11S4. The fraction of sp³-hybridized carbons (Fsp3) is 0.189. The van der Waals surface area contributed by atoms with Crippen LogP contribution in [-0.4, -0.2) is 87.2 Å². The zero-order chi connectivity index (χ0) is 55.0. The Morgan fingerprint density at radius 2 is 1.29 bits per heavy atom. The zero-order valence-corrected chi connectivity index (χ0v) is 44.4. The molecule has 0 aliphatic carbocycles. The number of para-hydroxylation sites is 2. The molecule has 0 aliphatic heterocycles. The number of benzene rings is 3. The third kappa shape index (κ3) is 13.1. The number of phenols is 1. The van der Waals surface area contributed by atoms with Gasteiger partial charge in [0.1, 0.15) is 60.1 Å². The van der Waals surface area contributed by atoms with E-state index in [0.717, 1.165) is 28.2 Å². The molecule has 3 aromatic carbocycles. The Balaban J connectivity index is 1.04. The lowest BCUT2D eigenvalue weighted by Crippen LogP contribution is -2.45. The van der Waals surface area contributed by atoms with Gasteiger partial charge in [0.15, 0.2) is 17.1 Å². The van der Waals surface area contributed by atoms with E-state index < -0.39 is 54.1 Å². The number of aromatic hydroxyl groups is 1. The van der Waals surface area contributed by atoms with Gasteiger partial charge in [-0.3, -0.25) is 14.4 Å². The smallest absolute Gasteiger partial charge is 0.355 e. The predicted molar refractivity (Wildman–Crippen MR) is 290 cm³/mol. The molecule has 4 atom stereocenters. The first-order valence-corrected chi connectivity index (χ1v) is 27.2. The number of aromatic nitrogens is 6. The number of carbonyl (C=O) groups is 5. The number of carboxylic acids is 2. The molecule has 21 nitrogen and oxygen atoms in total. The van der Waals surface area contributed by atoms with Crippen molar-refractivity contribution in [2.45, 2.75) is 57.5 Å². The van der Waals surface area contributed by atoms with Gasteiger partial charge in [0, 0.05) is 27.9 Å². The summed E-state index contributed by atoms with van der Waals surface area (Å²) in [5, 5.41) is 42.4.